The van der Waals surface area contributed by atoms with Gasteiger partial charge in [0.05, 0.1) is 18.2 Å². The second kappa shape index (κ2) is 21.9. The Hall–Kier alpha value is -0.135. The van der Waals surface area contributed by atoms with Crippen molar-refractivity contribution in [2.24, 2.45) is 5.41 Å². The molecule has 3 heterocycles. The summed E-state index contributed by atoms with van der Waals surface area (Å²) in [6, 6.07) is 20.9. The summed E-state index contributed by atoms with van der Waals surface area (Å²) in [5, 5.41) is 32.2. The van der Waals surface area contributed by atoms with E-state index in [4.69, 9.17) is 23.7 Å². The standard InChI is InChI=1S/C40H48N2O10.3Ac/c1-24-30-22-29(50-38-35(45)33(43)34(44)36(52-38)37(46)48-5)16-17-31(30)42(32(24)26-10-14-28(15-11-26)51-39(47)40(2,3)4)23-25-8-12-27(13-9-25)49-21-20-41-18-6-7-19-41;;;/h8-17,22,33-36,38,43-45H,6-7,18-21,23H2,1-5H3;;;/t33?,34?,35?,36-,38?;;;/m0.../s1. The molecule has 6 rings (SSSR count). The zero-order chi connectivity index (χ0) is 37.2. The van der Waals surface area contributed by atoms with E-state index in [1.165, 1.54) is 12.8 Å². The van der Waals surface area contributed by atoms with Crippen LogP contribution in [0.3, 0.4) is 0 Å². The molecule has 2 aliphatic rings. The molecule has 1 aromatic heterocycles. The van der Waals surface area contributed by atoms with Crippen LogP contribution in [0.15, 0.2) is 66.7 Å². The van der Waals surface area contributed by atoms with Crippen LogP contribution < -0.4 is 14.2 Å². The average molecular weight is 1400 g/mol. The molecule has 3 aromatic carbocycles. The van der Waals surface area contributed by atoms with Gasteiger partial charge in [-0.15, -0.1) is 0 Å². The maximum atomic E-state index is 12.5. The van der Waals surface area contributed by atoms with Gasteiger partial charge >= 0.3 is 11.9 Å². The molecule has 55 heavy (non-hydrogen) atoms. The summed E-state index contributed by atoms with van der Waals surface area (Å²) in [6.45, 7) is 11.8. The molecule has 4 aromatic rings. The molecule has 3 N–H and O–H groups in total. The number of fused-ring (bicyclic) bond motifs is 1. The molecule has 0 spiro atoms. The van der Waals surface area contributed by atoms with Crippen molar-refractivity contribution in [1.82, 2.24) is 9.47 Å². The summed E-state index contributed by atoms with van der Waals surface area (Å²) in [7, 11) is 1.13. The van der Waals surface area contributed by atoms with Crippen LogP contribution in [0.4, 0.5) is 0 Å². The number of carbonyl (C=O) groups excluding carboxylic acids is 2. The molecule has 0 aliphatic carbocycles. The molecule has 12 nitrogen and oxygen atoms in total. The number of methoxy groups -OCH3 is 1. The Morgan fingerprint density at radius 3 is 2.07 bits per heavy atom. The minimum absolute atomic E-state index is 0. The first-order valence-electron chi connectivity index (χ1n) is 17.7. The number of nitrogens with zero attached hydrogens (tertiary/aromatic N) is 2. The van der Waals surface area contributed by atoms with Crippen LogP contribution in [0, 0.1) is 145 Å². The Morgan fingerprint density at radius 2 is 1.45 bits per heavy atom. The molecular weight excluding hydrogens is 1350 g/mol. The second-order valence-electron chi connectivity index (χ2n) is 14.5. The number of hydrogen-bond acceptors (Lipinski definition) is 11. The summed E-state index contributed by atoms with van der Waals surface area (Å²) in [5.74, 6) is 0.353. The number of aromatic nitrogens is 1. The van der Waals surface area contributed by atoms with Gasteiger partial charge < -0.3 is 43.6 Å². The van der Waals surface area contributed by atoms with Gasteiger partial charge in [-0.3, -0.25) is 9.69 Å². The molecule has 4 unspecified atom stereocenters. The monoisotopic (exact) mass is 1400 g/mol. The number of aryl methyl sites for hydroxylation is 1. The van der Waals surface area contributed by atoms with Crippen molar-refractivity contribution in [3.63, 3.8) is 0 Å². The van der Waals surface area contributed by atoms with Crippen molar-refractivity contribution in [3.05, 3.63) is 77.9 Å². The van der Waals surface area contributed by atoms with Crippen molar-refractivity contribution >= 4 is 22.8 Å². The summed E-state index contributed by atoms with van der Waals surface area (Å²) in [6.07, 6.45) is -5.53. The number of hydrogen-bond donors (Lipinski definition) is 3. The first kappa shape index (κ1) is 49.2. The third-order valence-electron chi connectivity index (χ3n) is 9.63. The van der Waals surface area contributed by atoms with Crippen LogP contribution >= 0.6 is 0 Å². The van der Waals surface area contributed by atoms with E-state index in [1.54, 1.807) is 39.0 Å². The van der Waals surface area contributed by atoms with Crippen molar-refractivity contribution in [2.75, 3.05) is 33.4 Å². The smallest absolute Gasteiger partial charge is 0.337 e. The van der Waals surface area contributed by atoms with Gasteiger partial charge in [-0.05, 0) is 125 Å². The molecule has 2 fully saturated rings. The molecule has 3 radical (unpaired) electrons. The Bertz CT molecular complexity index is 1880. The minimum atomic E-state index is -1.70. The van der Waals surface area contributed by atoms with Gasteiger partial charge in [0, 0.05) is 156 Å². The van der Waals surface area contributed by atoms with Gasteiger partial charge in [-0.2, -0.15) is 0 Å². The quantitative estimate of drug-likeness (QED) is 0.145. The van der Waals surface area contributed by atoms with Crippen molar-refractivity contribution in [1.29, 1.82) is 0 Å². The van der Waals surface area contributed by atoms with Gasteiger partial charge in [-0.1, -0.05) is 12.1 Å². The fourth-order valence-electron chi connectivity index (χ4n) is 6.62. The van der Waals surface area contributed by atoms with E-state index >= 15 is 0 Å². The molecule has 0 bridgehead atoms. The topological polar surface area (TPSA) is 149 Å². The third-order valence-corrected chi connectivity index (χ3v) is 9.63. The summed E-state index contributed by atoms with van der Waals surface area (Å²) < 4.78 is 30.1. The fourth-order valence-corrected chi connectivity index (χ4v) is 6.62. The number of benzene rings is 3. The average Bonchev–Trinajstić information content (AvgIpc) is 3.74. The summed E-state index contributed by atoms with van der Waals surface area (Å²) in [5.41, 5.74) is 4.09. The van der Waals surface area contributed by atoms with E-state index in [0.29, 0.717) is 24.7 Å². The number of carbonyl (C=O) groups is 2. The summed E-state index contributed by atoms with van der Waals surface area (Å²) >= 11 is 0. The predicted octanol–water partition coefficient (Wildman–Crippen LogP) is 4.45. The van der Waals surface area contributed by atoms with E-state index in [1.807, 2.05) is 43.3 Å². The molecular formula is C40H48Ac3N2O10. The van der Waals surface area contributed by atoms with Crippen LogP contribution in [0.5, 0.6) is 17.2 Å². The number of ether oxygens (including phenoxy) is 5. The molecule has 2 saturated heterocycles. The largest absolute Gasteiger partial charge is 0.492 e. The first-order chi connectivity index (χ1) is 24.8. The van der Waals surface area contributed by atoms with Crippen molar-refractivity contribution < 1.29 is 181 Å². The molecule has 0 amide bonds. The van der Waals surface area contributed by atoms with E-state index in [0.717, 1.165) is 65.8 Å². The van der Waals surface area contributed by atoms with Gasteiger partial charge in [0.15, 0.2) is 6.10 Å². The maximum Gasteiger partial charge on any atom is 0.337 e. The van der Waals surface area contributed by atoms with Gasteiger partial charge in [-0.25, -0.2) is 4.79 Å². The van der Waals surface area contributed by atoms with Gasteiger partial charge in [0.25, 0.3) is 0 Å². The van der Waals surface area contributed by atoms with Crippen LogP contribution in [0.1, 0.15) is 44.7 Å². The zero-order valence-corrected chi connectivity index (χ0v) is 46.2. The molecule has 287 valence electrons. The molecule has 0 saturated carbocycles. The van der Waals surface area contributed by atoms with Gasteiger partial charge in [0.2, 0.25) is 6.29 Å². The molecule has 2 aliphatic heterocycles. The normalized spacial score (nSPS) is 21.1. The number of likely N-dealkylation sites (tertiary alicyclic amines) is 1. The van der Waals surface area contributed by atoms with E-state index < -0.39 is 42.1 Å². The van der Waals surface area contributed by atoms with Crippen molar-refractivity contribution in [2.45, 2.75) is 77.8 Å². The van der Waals surface area contributed by atoms with Crippen LogP contribution in [-0.4, -0.2) is 101 Å². The Labute approximate surface area is 429 Å². The first-order valence-corrected chi connectivity index (χ1v) is 17.7. The SMILES string of the molecule is COC(=O)[C@H]1OC(Oc2ccc3c(c2)c(C)c(-c2ccc(OC(=O)C(C)(C)C)cc2)n3Cc2ccc(OCCN3CCCC3)cc2)C(O)C(O)C1O.[Ac].[Ac].[Ac]. The number of aliphatic hydroxyl groups excluding tert-OH is 3. The molecule has 5 atom stereocenters. The van der Waals surface area contributed by atoms with E-state index in [2.05, 4.69) is 21.6 Å². The maximum absolute atomic E-state index is 12.5. The van der Waals surface area contributed by atoms with Crippen LogP contribution in [0.2, 0.25) is 0 Å². The second-order valence-corrected chi connectivity index (χ2v) is 14.5. The Balaban J connectivity index is 0.00000271. The number of aliphatic hydroxyl groups is 3. The van der Waals surface area contributed by atoms with Crippen LogP contribution in [-0.2, 0) is 25.6 Å². The predicted molar refractivity (Wildman–Crippen MR) is 193 cm³/mol. The summed E-state index contributed by atoms with van der Waals surface area (Å²) in [4.78, 5) is 27.2. The zero-order valence-electron chi connectivity index (χ0n) is 32.0. The van der Waals surface area contributed by atoms with E-state index in [9.17, 15) is 24.9 Å². The van der Waals surface area contributed by atoms with Gasteiger partial charge in [0.1, 0.15) is 42.2 Å². The molecule has 15 heteroatoms. The van der Waals surface area contributed by atoms with Crippen molar-refractivity contribution in [3.8, 4) is 28.5 Å². The van der Waals surface area contributed by atoms with Crippen LogP contribution in [0.25, 0.3) is 22.2 Å². The Morgan fingerprint density at radius 1 is 0.836 bits per heavy atom. The third kappa shape index (κ3) is 12.0. The Kier molecular flexibility index (Phi) is 19.6. The van der Waals surface area contributed by atoms with E-state index in [-0.39, 0.29) is 138 Å². The fraction of sp³-hybridized carbons (Fsp3) is 0.450. The minimum Gasteiger partial charge on any atom is -0.492 e. The number of esters is 2. The number of rotatable bonds is 11.